The Kier molecular flexibility index (Phi) is 6.27. The maximum absolute atomic E-state index is 5.99. The fraction of sp³-hybridized carbons (Fsp3) is 0.429. The van der Waals surface area contributed by atoms with Gasteiger partial charge in [0, 0.05) is 18.6 Å². The Bertz CT molecular complexity index is 608. The summed E-state index contributed by atoms with van der Waals surface area (Å²) in [5.41, 5.74) is 2.48. The van der Waals surface area contributed by atoms with Crippen molar-refractivity contribution in [3.8, 4) is 5.75 Å². The molecule has 3 rings (SSSR count). The van der Waals surface area contributed by atoms with Crippen molar-refractivity contribution < 1.29 is 9.47 Å². The van der Waals surface area contributed by atoms with Crippen molar-refractivity contribution in [2.45, 2.75) is 32.4 Å². The highest BCUT2D eigenvalue weighted by Gasteiger charge is 2.25. The number of ether oxygens (including phenoxy) is 2. The Balaban J connectivity index is 1.69. The summed E-state index contributed by atoms with van der Waals surface area (Å²) in [7, 11) is 0. The molecule has 0 saturated carbocycles. The fourth-order valence-electron chi connectivity index (χ4n) is 3.34. The average molecular weight is 325 g/mol. The van der Waals surface area contributed by atoms with Gasteiger partial charge in [0.2, 0.25) is 0 Å². The van der Waals surface area contributed by atoms with Crippen molar-refractivity contribution in [3.05, 3.63) is 65.7 Å². The molecule has 0 aliphatic carbocycles. The third kappa shape index (κ3) is 4.59. The first-order chi connectivity index (χ1) is 11.9. The number of hydrogen-bond acceptors (Lipinski definition) is 3. The minimum atomic E-state index is 0.329. The van der Waals surface area contributed by atoms with E-state index in [0.717, 1.165) is 31.9 Å². The van der Waals surface area contributed by atoms with Gasteiger partial charge in [-0.2, -0.15) is 0 Å². The molecule has 128 valence electrons. The Morgan fingerprint density at radius 3 is 2.79 bits per heavy atom. The summed E-state index contributed by atoms with van der Waals surface area (Å²) < 4.78 is 11.7. The highest BCUT2D eigenvalue weighted by Crippen LogP contribution is 2.30. The van der Waals surface area contributed by atoms with E-state index in [1.807, 2.05) is 24.3 Å². The van der Waals surface area contributed by atoms with E-state index in [-0.39, 0.29) is 0 Å². The molecule has 0 aromatic heterocycles. The summed E-state index contributed by atoms with van der Waals surface area (Å²) in [5, 5.41) is 3.63. The lowest BCUT2D eigenvalue weighted by molar-refractivity contribution is 0.0392. The summed E-state index contributed by atoms with van der Waals surface area (Å²) in [6.45, 7) is 5.45. The van der Waals surface area contributed by atoms with Crippen LogP contribution in [0.15, 0.2) is 54.6 Å². The van der Waals surface area contributed by atoms with Crippen LogP contribution in [0.1, 0.15) is 36.9 Å². The molecule has 0 spiro atoms. The zero-order valence-corrected chi connectivity index (χ0v) is 14.4. The quantitative estimate of drug-likeness (QED) is 0.821. The SMILES string of the molecule is CCNC(c1cccc(OCc2ccccc2)c1)C1CCCOC1. The lowest BCUT2D eigenvalue weighted by Gasteiger charge is -2.31. The predicted molar refractivity (Wildman–Crippen MR) is 97.2 cm³/mol. The molecule has 0 bridgehead atoms. The summed E-state index contributed by atoms with van der Waals surface area (Å²) in [5.74, 6) is 1.46. The van der Waals surface area contributed by atoms with Gasteiger partial charge in [0.05, 0.1) is 6.61 Å². The molecule has 2 aromatic carbocycles. The minimum absolute atomic E-state index is 0.329. The van der Waals surface area contributed by atoms with Crippen LogP contribution < -0.4 is 10.1 Å². The number of benzene rings is 2. The van der Waals surface area contributed by atoms with Gasteiger partial charge in [0.15, 0.2) is 0 Å². The highest BCUT2D eigenvalue weighted by molar-refractivity contribution is 5.31. The molecule has 2 unspecified atom stereocenters. The van der Waals surface area contributed by atoms with Gasteiger partial charge < -0.3 is 14.8 Å². The van der Waals surface area contributed by atoms with Gasteiger partial charge >= 0.3 is 0 Å². The molecule has 1 fully saturated rings. The summed E-state index contributed by atoms with van der Waals surface area (Å²) in [6.07, 6.45) is 2.36. The molecule has 1 saturated heterocycles. The number of hydrogen-bond donors (Lipinski definition) is 1. The lowest BCUT2D eigenvalue weighted by atomic mass is 9.88. The molecule has 0 amide bonds. The van der Waals surface area contributed by atoms with Crippen LogP contribution in [0.4, 0.5) is 0 Å². The second-order valence-electron chi connectivity index (χ2n) is 6.36. The van der Waals surface area contributed by atoms with Crippen LogP contribution in [0.2, 0.25) is 0 Å². The second-order valence-corrected chi connectivity index (χ2v) is 6.36. The van der Waals surface area contributed by atoms with E-state index >= 15 is 0 Å². The molecule has 0 radical (unpaired) electrons. The Hall–Kier alpha value is -1.84. The zero-order valence-electron chi connectivity index (χ0n) is 14.4. The third-order valence-electron chi connectivity index (χ3n) is 4.56. The van der Waals surface area contributed by atoms with Crippen molar-refractivity contribution >= 4 is 0 Å². The normalized spacial score (nSPS) is 19.0. The van der Waals surface area contributed by atoms with E-state index in [1.54, 1.807) is 0 Å². The Morgan fingerprint density at radius 1 is 1.17 bits per heavy atom. The van der Waals surface area contributed by atoms with Crippen LogP contribution >= 0.6 is 0 Å². The van der Waals surface area contributed by atoms with Crippen LogP contribution in [-0.4, -0.2) is 19.8 Å². The topological polar surface area (TPSA) is 30.5 Å². The fourth-order valence-corrected chi connectivity index (χ4v) is 3.34. The first-order valence-corrected chi connectivity index (χ1v) is 8.94. The third-order valence-corrected chi connectivity index (χ3v) is 4.56. The number of nitrogens with one attached hydrogen (secondary N) is 1. The van der Waals surface area contributed by atoms with Gasteiger partial charge in [-0.05, 0) is 42.6 Å². The van der Waals surface area contributed by atoms with Gasteiger partial charge in [-0.15, -0.1) is 0 Å². The summed E-state index contributed by atoms with van der Waals surface area (Å²) >= 11 is 0. The van der Waals surface area contributed by atoms with Gasteiger partial charge in [0.25, 0.3) is 0 Å². The molecule has 3 nitrogen and oxygen atoms in total. The van der Waals surface area contributed by atoms with E-state index in [4.69, 9.17) is 9.47 Å². The maximum atomic E-state index is 5.99. The lowest BCUT2D eigenvalue weighted by Crippen LogP contribution is -2.33. The van der Waals surface area contributed by atoms with Gasteiger partial charge in [0.1, 0.15) is 12.4 Å². The van der Waals surface area contributed by atoms with Crippen molar-refractivity contribution in [1.29, 1.82) is 0 Å². The molecular formula is C21H27NO2. The molecular weight excluding hydrogens is 298 g/mol. The van der Waals surface area contributed by atoms with E-state index in [1.165, 1.54) is 17.5 Å². The standard InChI is InChI=1S/C21H27NO2/c1-2-22-21(19-11-7-13-23-16-19)18-10-6-12-20(14-18)24-15-17-8-4-3-5-9-17/h3-6,8-10,12,14,19,21-22H,2,7,11,13,15-16H2,1H3. The summed E-state index contributed by atoms with van der Waals surface area (Å²) in [6, 6.07) is 19.1. The first kappa shape index (κ1) is 17.0. The van der Waals surface area contributed by atoms with E-state index in [2.05, 4.69) is 42.6 Å². The molecule has 1 aliphatic rings. The smallest absolute Gasteiger partial charge is 0.120 e. The highest BCUT2D eigenvalue weighted by atomic mass is 16.5. The second kappa shape index (κ2) is 8.86. The van der Waals surface area contributed by atoms with E-state index in [9.17, 15) is 0 Å². The molecule has 3 heteroatoms. The van der Waals surface area contributed by atoms with Gasteiger partial charge in [-0.1, -0.05) is 49.4 Å². The first-order valence-electron chi connectivity index (χ1n) is 8.94. The Morgan fingerprint density at radius 2 is 2.04 bits per heavy atom. The summed E-state index contributed by atoms with van der Waals surface area (Å²) in [4.78, 5) is 0. The molecule has 2 atom stereocenters. The van der Waals surface area contributed by atoms with E-state index in [0.29, 0.717) is 18.6 Å². The predicted octanol–water partition coefficient (Wildman–Crippen LogP) is 4.34. The molecule has 2 aromatic rings. The van der Waals surface area contributed by atoms with Crippen LogP contribution in [0.5, 0.6) is 5.75 Å². The van der Waals surface area contributed by atoms with Crippen LogP contribution in [0, 0.1) is 5.92 Å². The Labute approximate surface area is 145 Å². The molecule has 1 aliphatic heterocycles. The minimum Gasteiger partial charge on any atom is -0.489 e. The largest absolute Gasteiger partial charge is 0.489 e. The van der Waals surface area contributed by atoms with Crippen molar-refractivity contribution in [2.24, 2.45) is 5.92 Å². The maximum Gasteiger partial charge on any atom is 0.120 e. The van der Waals surface area contributed by atoms with Crippen molar-refractivity contribution in [2.75, 3.05) is 19.8 Å². The van der Waals surface area contributed by atoms with Crippen LogP contribution in [0.3, 0.4) is 0 Å². The van der Waals surface area contributed by atoms with Gasteiger partial charge in [-0.25, -0.2) is 0 Å². The van der Waals surface area contributed by atoms with Crippen molar-refractivity contribution in [3.63, 3.8) is 0 Å². The average Bonchev–Trinajstić information content (AvgIpc) is 2.66. The molecule has 1 heterocycles. The van der Waals surface area contributed by atoms with E-state index < -0.39 is 0 Å². The van der Waals surface area contributed by atoms with Crippen LogP contribution in [-0.2, 0) is 11.3 Å². The van der Waals surface area contributed by atoms with Gasteiger partial charge in [-0.3, -0.25) is 0 Å². The van der Waals surface area contributed by atoms with Crippen molar-refractivity contribution in [1.82, 2.24) is 5.32 Å². The molecule has 1 N–H and O–H groups in total. The molecule has 24 heavy (non-hydrogen) atoms. The zero-order chi connectivity index (χ0) is 16.6. The van der Waals surface area contributed by atoms with Crippen LogP contribution in [0.25, 0.3) is 0 Å². The monoisotopic (exact) mass is 325 g/mol. The number of rotatable bonds is 7.